The molecule has 1 atom stereocenters. The summed E-state index contributed by atoms with van der Waals surface area (Å²) in [6.45, 7) is 9.14. The molecule has 33 heavy (non-hydrogen) atoms. The van der Waals surface area contributed by atoms with E-state index in [2.05, 4.69) is 5.10 Å². The number of pyridine rings is 1. The highest BCUT2D eigenvalue weighted by molar-refractivity contribution is 7.91. The molecule has 1 saturated heterocycles. The van der Waals surface area contributed by atoms with E-state index in [4.69, 9.17) is 9.72 Å². The van der Waals surface area contributed by atoms with E-state index in [0.717, 1.165) is 18.5 Å². The first-order valence-electron chi connectivity index (χ1n) is 11.6. The Morgan fingerprint density at radius 1 is 1.18 bits per heavy atom. The van der Waals surface area contributed by atoms with Gasteiger partial charge >= 0.3 is 5.97 Å². The smallest absolute Gasteiger partial charge is 0.339 e. The molecule has 1 aliphatic heterocycles. The highest BCUT2D eigenvalue weighted by atomic mass is 32.2. The lowest BCUT2D eigenvalue weighted by atomic mass is 10.1. The summed E-state index contributed by atoms with van der Waals surface area (Å²) in [4.78, 5) is 32.3. The molecule has 2 aromatic rings. The normalized spacial score (nSPS) is 20.0. The molecule has 10 heteroatoms. The minimum Gasteiger partial charge on any atom is -0.452 e. The van der Waals surface area contributed by atoms with Gasteiger partial charge in [-0.2, -0.15) is 5.10 Å². The fraction of sp³-hybridized carbons (Fsp3) is 0.652. The summed E-state index contributed by atoms with van der Waals surface area (Å²) >= 11 is 0. The molecule has 1 amide bonds. The number of aromatic nitrogens is 3. The molecule has 0 N–H and O–H groups in total. The lowest BCUT2D eigenvalue weighted by molar-refractivity contribution is -0.138. The third-order valence-corrected chi connectivity index (χ3v) is 8.10. The Kier molecular flexibility index (Phi) is 6.24. The first-order valence-corrected chi connectivity index (χ1v) is 13.4. The maximum Gasteiger partial charge on any atom is 0.339 e. The molecular formula is C23H32N4O5S. The quantitative estimate of drug-likeness (QED) is 0.565. The van der Waals surface area contributed by atoms with Crippen LogP contribution < -0.4 is 0 Å². The molecule has 1 unspecified atom stereocenters. The average molecular weight is 477 g/mol. The van der Waals surface area contributed by atoms with Crippen LogP contribution in [-0.2, 0) is 19.4 Å². The van der Waals surface area contributed by atoms with Gasteiger partial charge in [0.25, 0.3) is 5.91 Å². The molecule has 0 bridgehead atoms. The Morgan fingerprint density at radius 2 is 1.85 bits per heavy atom. The standard InChI is InChI=1S/C23H32N4O5S/c1-13(2)26(14(3)4)20(28)11-32-23(29)18-10-19(16-6-7-16)24-22-21(18)15(5)25-27(22)17-8-9-33(30,31)12-17/h10,13-14,16-17H,6-9,11-12H2,1-5H3. The van der Waals surface area contributed by atoms with Crippen molar-refractivity contribution in [2.24, 2.45) is 0 Å². The number of ether oxygens (including phenoxy) is 1. The largest absolute Gasteiger partial charge is 0.452 e. The van der Waals surface area contributed by atoms with Crippen LogP contribution in [0.25, 0.3) is 11.0 Å². The topological polar surface area (TPSA) is 111 Å². The van der Waals surface area contributed by atoms with Crippen molar-refractivity contribution in [2.75, 3.05) is 18.1 Å². The summed E-state index contributed by atoms with van der Waals surface area (Å²) in [5.41, 5.74) is 2.23. The van der Waals surface area contributed by atoms with E-state index in [9.17, 15) is 18.0 Å². The number of nitrogens with zero attached hydrogens (tertiary/aromatic N) is 4. The van der Waals surface area contributed by atoms with Crippen LogP contribution in [0, 0.1) is 6.92 Å². The second-order valence-corrected chi connectivity index (χ2v) is 11.9. The number of hydrogen-bond acceptors (Lipinski definition) is 7. The van der Waals surface area contributed by atoms with Crippen molar-refractivity contribution in [3.8, 4) is 0 Å². The fourth-order valence-electron chi connectivity index (χ4n) is 4.76. The molecule has 3 heterocycles. The average Bonchev–Trinajstić information content (AvgIpc) is 3.44. The van der Waals surface area contributed by atoms with Crippen molar-refractivity contribution in [3.05, 3.63) is 23.0 Å². The van der Waals surface area contributed by atoms with Crippen molar-refractivity contribution in [1.82, 2.24) is 19.7 Å². The second kappa shape index (κ2) is 8.70. The summed E-state index contributed by atoms with van der Waals surface area (Å²) in [5.74, 6) is -0.417. The molecule has 9 nitrogen and oxygen atoms in total. The van der Waals surface area contributed by atoms with E-state index in [0.29, 0.717) is 28.7 Å². The zero-order valence-electron chi connectivity index (χ0n) is 19.9. The zero-order chi connectivity index (χ0) is 24.1. The predicted molar refractivity (Wildman–Crippen MR) is 124 cm³/mol. The van der Waals surface area contributed by atoms with Gasteiger partial charge in [0.15, 0.2) is 22.1 Å². The number of carbonyl (C=O) groups is 2. The van der Waals surface area contributed by atoms with E-state index in [1.165, 1.54) is 0 Å². The number of carbonyl (C=O) groups excluding carboxylic acids is 2. The van der Waals surface area contributed by atoms with Crippen molar-refractivity contribution in [1.29, 1.82) is 0 Å². The lowest BCUT2D eigenvalue weighted by Crippen LogP contribution is -2.44. The van der Waals surface area contributed by atoms with Crippen LogP contribution >= 0.6 is 0 Å². The van der Waals surface area contributed by atoms with Gasteiger partial charge in [-0.15, -0.1) is 0 Å². The maximum atomic E-state index is 13.2. The molecule has 2 aromatic heterocycles. The molecular weight excluding hydrogens is 444 g/mol. The third kappa shape index (κ3) is 4.76. The summed E-state index contributed by atoms with van der Waals surface area (Å²) in [6, 6.07) is 1.44. The van der Waals surface area contributed by atoms with Crippen molar-refractivity contribution in [3.63, 3.8) is 0 Å². The Bertz CT molecular complexity index is 1190. The number of esters is 1. The first-order chi connectivity index (χ1) is 15.5. The minimum atomic E-state index is -3.11. The predicted octanol–water partition coefficient (Wildman–Crippen LogP) is 2.78. The van der Waals surface area contributed by atoms with Crippen LogP contribution in [0.2, 0.25) is 0 Å². The van der Waals surface area contributed by atoms with E-state index in [1.807, 2.05) is 27.7 Å². The van der Waals surface area contributed by atoms with Gasteiger partial charge in [0.2, 0.25) is 0 Å². The second-order valence-electron chi connectivity index (χ2n) is 9.72. The van der Waals surface area contributed by atoms with Crippen LogP contribution in [0.1, 0.15) is 80.7 Å². The highest BCUT2D eigenvalue weighted by Crippen LogP contribution is 2.41. The number of fused-ring (bicyclic) bond motifs is 1. The summed E-state index contributed by atoms with van der Waals surface area (Å²) in [5, 5.41) is 5.14. The van der Waals surface area contributed by atoms with Gasteiger partial charge in [0.05, 0.1) is 34.2 Å². The summed E-state index contributed by atoms with van der Waals surface area (Å²) in [7, 11) is -3.11. The van der Waals surface area contributed by atoms with Gasteiger partial charge in [-0.05, 0) is 59.9 Å². The van der Waals surface area contributed by atoms with E-state index >= 15 is 0 Å². The van der Waals surface area contributed by atoms with Crippen LogP contribution in [0.4, 0.5) is 0 Å². The van der Waals surface area contributed by atoms with Crippen LogP contribution in [0.3, 0.4) is 0 Å². The third-order valence-electron chi connectivity index (χ3n) is 6.35. The number of rotatable bonds is 7. The Hall–Kier alpha value is -2.49. The maximum absolute atomic E-state index is 13.2. The van der Waals surface area contributed by atoms with Gasteiger partial charge in [0, 0.05) is 23.7 Å². The zero-order valence-corrected chi connectivity index (χ0v) is 20.7. The molecule has 1 aliphatic carbocycles. The highest BCUT2D eigenvalue weighted by Gasteiger charge is 2.34. The fourth-order valence-corrected chi connectivity index (χ4v) is 6.45. The number of hydrogen-bond donors (Lipinski definition) is 0. The molecule has 4 rings (SSSR count). The SMILES string of the molecule is Cc1nn(C2CCS(=O)(=O)C2)c2nc(C3CC3)cc(C(=O)OCC(=O)N(C(C)C)C(C)C)c12. The monoisotopic (exact) mass is 476 g/mol. The number of aryl methyl sites for hydroxylation is 1. The summed E-state index contributed by atoms with van der Waals surface area (Å²) < 4.78 is 31.2. The van der Waals surface area contributed by atoms with E-state index < -0.39 is 15.8 Å². The number of sulfone groups is 1. The van der Waals surface area contributed by atoms with E-state index in [1.54, 1.807) is 22.6 Å². The van der Waals surface area contributed by atoms with Gasteiger partial charge in [-0.25, -0.2) is 22.9 Å². The van der Waals surface area contributed by atoms with Crippen LogP contribution in [0.5, 0.6) is 0 Å². The van der Waals surface area contributed by atoms with Gasteiger partial charge in [-0.1, -0.05) is 0 Å². The molecule has 180 valence electrons. The van der Waals surface area contributed by atoms with Crippen molar-refractivity contribution < 1.29 is 22.7 Å². The van der Waals surface area contributed by atoms with E-state index in [-0.39, 0.29) is 48.1 Å². The summed E-state index contributed by atoms with van der Waals surface area (Å²) in [6.07, 6.45) is 2.46. The van der Waals surface area contributed by atoms with Crippen LogP contribution in [0.15, 0.2) is 6.07 Å². The molecule has 0 radical (unpaired) electrons. The molecule has 2 fully saturated rings. The molecule has 0 spiro atoms. The minimum absolute atomic E-state index is 0.00605. The Labute approximate surface area is 194 Å². The van der Waals surface area contributed by atoms with Crippen LogP contribution in [-0.4, -0.2) is 70.2 Å². The Balaban J connectivity index is 1.67. The lowest BCUT2D eigenvalue weighted by Gasteiger charge is -2.30. The van der Waals surface area contributed by atoms with Gasteiger partial charge in [-0.3, -0.25) is 4.79 Å². The Morgan fingerprint density at radius 3 is 2.39 bits per heavy atom. The molecule has 1 saturated carbocycles. The number of amides is 1. The first kappa shape index (κ1) is 23.7. The van der Waals surface area contributed by atoms with Gasteiger partial charge in [0.1, 0.15) is 0 Å². The molecule has 0 aromatic carbocycles. The molecule has 2 aliphatic rings. The van der Waals surface area contributed by atoms with Crippen molar-refractivity contribution in [2.45, 2.75) is 77.9 Å². The van der Waals surface area contributed by atoms with Gasteiger partial charge < -0.3 is 9.64 Å². The van der Waals surface area contributed by atoms with Crippen molar-refractivity contribution >= 4 is 32.7 Å².